The lowest BCUT2D eigenvalue weighted by Crippen LogP contribution is -2.28. The molecule has 96 valence electrons. The number of aryl methyl sites for hydroxylation is 1. The fourth-order valence-electron chi connectivity index (χ4n) is 2.19. The van der Waals surface area contributed by atoms with Crippen molar-refractivity contribution in [1.82, 2.24) is 15.1 Å². The zero-order valence-electron chi connectivity index (χ0n) is 10.6. The number of hydrogen-bond acceptors (Lipinski definition) is 4. The van der Waals surface area contributed by atoms with Crippen molar-refractivity contribution in [2.75, 3.05) is 19.8 Å². The van der Waals surface area contributed by atoms with E-state index < -0.39 is 0 Å². The quantitative estimate of drug-likeness (QED) is 0.813. The molecular formula is C12H21N3O2. The smallest absolute Gasteiger partial charge is 0.159 e. The minimum absolute atomic E-state index is 0.0840. The summed E-state index contributed by atoms with van der Waals surface area (Å²) >= 11 is 0. The second kappa shape index (κ2) is 6.14. The van der Waals surface area contributed by atoms with E-state index in [0.29, 0.717) is 13.2 Å². The van der Waals surface area contributed by atoms with Crippen LogP contribution in [0.15, 0.2) is 12.3 Å². The van der Waals surface area contributed by atoms with Crippen molar-refractivity contribution in [1.29, 1.82) is 0 Å². The van der Waals surface area contributed by atoms with E-state index in [2.05, 4.69) is 30.3 Å². The van der Waals surface area contributed by atoms with E-state index in [1.165, 1.54) is 5.69 Å². The van der Waals surface area contributed by atoms with Crippen LogP contribution in [-0.4, -0.2) is 35.8 Å². The average molecular weight is 239 g/mol. The number of aromatic nitrogens is 2. The molecule has 0 aliphatic carbocycles. The van der Waals surface area contributed by atoms with E-state index in [1.54, 1.807) is 0 Å². The van der Waals surface area contributed by atoms with E-state index >= 15 is 0 Å². The summed E-state index contributed by atoms with van der Waals surface area (Å²) in [4.78, 5) is 0. The van der Waals surface area contributed by atoms with Gasteiger partial charge in [-0.3, -0.25) is 4.68 Å². The van der Waals surface area contributed by atoms with Gasteiger partial charge >= 0.3 is 0 Å². The Morgan fingerprint density at radius 2 is 2.24 bits per heavy atom. The van der Waals surface area contributed by atoms with Gasteiger partial charge in [0.25, 0.3) is 0 Å². The zero-order chi connectivity index (χ0) is 12.1. The van der Waals surface area contributed by atoms with Gasteiger partial charge in [0.15, 0.2) is 6.29 Å². The Morgan fingerprint density at radius 1 is 1.47 bits per heavy atom. The predicted octanol–water partition coefficient (Wildman–Crippen LogP) is 1.32. The normalized spacial score (nSPS) is 18.7. The summed E-state index contributed by atoms with van der Waals surface area (Å²) in [6, 6.07) is 2.30. The molecule has 1 aliphatic heterocycles. The third kappa shape index (κ3) is 3.06. The van der Waals surface area contributed by atoms with E-state index in [0.717, 1.165) is 19.5 Å². The molecule has 0 saturated carbocycles. The van der Waals surface area contributed by atoms with Gasteiger partial charge < -0.3 is 14.8 Å². The van der Waals surface area contributed by atoms with Crippen molar-refractivity contribution in [2.45, 2.75) is 39.1 Å². The molecule has 0 aromatic carbocycles. The van der Waals surface area contributed by atoms with Gasteiger partial charge in [0.2, 0.25) is 0 Å². The summed E-state index contributed by atoms with van der Waals surface area (Å²) in [5, 5.41) is 7.77. The van der Waals surface area contributed by atoms with E-state index in [4.69, 9.17) is 9.47 Å². The topological polar surface area (TPSA) is 48.3 Å². The van der Waals surface area contributed by atoms with Crippen molar-refractivity contribution in [3.8, 4) is 0 Å². The van der Waals surface area contributed by atoms with Crippen LogP contribution in [0.3, 0.4) is 0 Å². The molecule has 5 heteroatoms. The van der Waals surface area contributed by atoms with Crippen LogP contribution in [0.25, 0.3) is 0 Å². The van der Waals surface area contributed by atoms with E-state index in [-0.39, 0.29) is 12.3 Å². The Kier molecular flexibility index (Phi) is 4.53. The van der Waals surface area contributed by atoms with Gasteiger partial charge in [-0.1, -0.05) is 6.92 Å². The van der Waals surface area contributed by atoms with Crippen LogP contribution >= 0.6 is 0 Å². The molecule has 0 spiro atoms. The summed E-state index contributed by atoms with van der Waals surface area (Å²) in [7, 11) is 0. The Balaban J connectivity index is 2.04. The molecule has 0 amide bonds. The number of nitrogens with zero attached hydrogens (tertiary/aromatic N) is 2. The second-order valence-corrected chi connectivity index (χ2v) is 4.09. The average Bonchev–Trinajstić information content (AvgIpc) is 2.98. The van der Waals surface area contributed by atoms with Crippen LogP contribution < -0.4 is 5.32 Å². The van der Waals surface area contributed by atoms with Crippen molar-refractivity contribution in [2.24, 2.45) is 0 Å². The van der Waals surface area contributed by atoms with Gasteiger partial charge in [-0.2, -0.15) is 5.10 Å². The molecule has 2 heterocycles. The third-order valence-electron chi connectivity index (χ3n) is 2.98. The molecule has 1 unspecified atom stereocenters. The highest BCUT2D eigenvalue weighted by Gasteiger charge is 2.23. The van der Waals surface area contributed by atoms with Crippen molar-refractivity contribution >= 4 is 0 Å². The lowest BCUT2D eigenvalue weighted by molar-refractivity contribution is -0.0534. The van der Waals surface area contributed by atoms with Gasteiger partial charge in [0, 0.05) is 19.2 Å². The Hall–Kier alpha value is -0.910. The maximum atomic E-state index is 5.51. The predicted molar refractivity (Wildman–Crippen MR) is 64.6 cm³/mol. The van der Waals surface area contributed by atoms with E-state index in [9.17, 15) is 0 Å². The Bertz CT molecular complexity index is 334. The van der Waals surface area contributed by atoms with Crippen molar-refractivity contribution < 1.29 is 9.47 Å². The molecule has 2 rings (SSSR count). The number of ether oxygens (including phenoxy) is 2. The van der Waals surface area contributed by atoms with Gasteiger partial charge in [-0.25, -0.2) is 0 Å². The molecule has 1 atom stereocenters. The number of hydrogen-bond donors (Lipinski definition) is 1. The minimum Gasteiger partial charge on any atom is -0.350 e. The van der Waals surface area contributed by atoms with Crippen molar-refractivity contribution in [3.05, 3.63) is 18.0 Å². The molecule has 1 aromatic heterocycles. The fraction of sp³-hybridized carbons (Fsp3) is 0.750. The van der Waals surface area contributed by atoms with E-state index in [1.807, 2.05) is 10.9 Å². The highest BCUT2D eigenvalue weighted by Crippen LogP contribution is 2.22. The first kappa shape index (κ1) is 12.5. The molecule has 1 fully saturated rings. The summed E-state index contributed by atoms with van der Waals surface area (Å²) in [5.41, 5.74) is 1.20. The molecule has 17 heavy (non-hydrogen) atoms. The number of nitrogens with one attached hydrogen (secondary N) is 1. The van der Waals surface area contributed by atoms with Gasteiger partial charge in [-0.15, -0.1) is 0 Å². The molecule has 1 N–H and O–H groups in total. The van der Waals surface area contributed by atoms with Crippen LogP contribution in [0.4, 0.5) is 0 Å². The van der Waals surface area contributed by atoms with Gasteiger partial charge in [0.05, 0.1) is 24.9 Å². The first-order chi connectivity index (χ1) is 8.35. The summed E-state index contributed by atoms with van der Waals surface area (Å²) < 4.78 is 13.0. The highest BCUT2D eigenvalue weighted by atomic mass is 16.7. The largest absolute Gasteiger partial charge is 0.350 e. The van der Waals surface area contributed by atoms with Crippen molar-refractivity contribution in [3.63, 3.8) is 0 Å². The van der Waals surface area contributed by atoms with Gasteiger partial charge in [0.1, 0.15) is 0 Å². The van der Waals surface area contributed by atoms with Crippen LogP contribution in [0.2, 0.25) is 0 Å². The third-order valence-corrected chi connectivity index (χ3v) is 2.98. The summed E-state index contributed by atoms with van der Waals surface area (Å²) in [6.45, 7) is 7.42. The molecular weight excluding hydrogens is 218 g/mol. The van der Waals surface area contributed by atoms with Crippen LogP contribution in [-0.2, 0) is 16.0 Å². The molecule has 5 nitrogen and oxygen atoms in total. The van der Waals surface area contributed by atoms with Crippen LogP contribution in [0, 0.1) is 0 Å². The van der Waals surface area contributed by atoms with Crippen LogP contribution in [0.5, 0.6) is 0 Å². The SMILES string of the molecule is CCNC(CC1OCCO1)c1ccnn1CC. The standard InChI is InChI=1S/C12H21N3O2/c1-3-13-10(9-12-16-7-8-17-12)11-5-6-14-15(11)4-2/h5-6,10,12-13H,3-4,7-9H2,1-2H3. The first-order valence-electron chi connectivity index (χ1n) is 6.33. The molecule has 1 saturated heterocycles. The minimum atomic E-state index is -0.0840. The first-order valence-corrected chi connectivity index (χ1v) is 6.33. The summed E-state index contributed by atoms with van der Waals surface area (Å²) in [5.74, 6) is 0. The zero-order valence-corrected chi connectivity index (χ0v) is 10.6. The van der Waals surface area contributed by atoms with Gasteiger partial charge in [-0.05, 0) is 19.5 Å². The highest BCUT2D eigenvalue weighted by molar-refractivity contribution is 5.07. The summed E-state index contributed by atoms with van der Waals surface area (Å²) in [6.07, 6.45) is 2.60. The number of rotatable bonds is 6. The maximum Gasteiger partial charge on any atom is 0.159 e. The molecule has 1 aromatic rings. The monoisotopic (exact) mass is 239 g/mol. The molecule has 0 bridgehead atoms. The maximum absolute atomic E-state index is 5.51. The second-order valence-electron chi connectivity index (χ2n) is 4.09. The van der Waals surface area contributed by atoms with Crippen LogP contribution in [0.1, 0.15) is 32.0 Å². The Morgan fingerprint density at radius 3 is 2.88 bits per heavy atom. The molecule has 1 aliphatic rings. The fourth-order valence-corrected chi connectivity index (χ4v) is 2.19. The lowest BCUT2D eigenvalue weighted by Gasteiger charge is -2.21. The molecule has 0 radical (unpaired) electrons. The lowest BCUT2D eigenvalue weighted by atomic mass is 10.1. The Labute approximate surface area is 102 Å².